The van der Waals surface area contributed by atoms with Crippen LogP contribution in [0.5, 0.6) is 0 Å². The minimum Gasteiger partial charge on any atom is -0.323 e. The number of nitrogens with one attached hydrogen (secondary N) is 1. The average molecular weight is 336 g/mol. The zero-order chi connectivity index (χ0) is 16.2. The van der Waals surface area contributed by atoms with Gasteiger partial charge in [-0.05, 0) is 12.5 Å². The lowest BCUT2D eigenvalue weighted by Gasteiger charge is -2.12. The standard InChI is InChI=1S/C11H14ClN3O5S/c1-21(19,20)5-4-9(13)11(16)14-10-3-2-7(15(17)18)6-8(10)12/h2-3,6,9H,4-5,13H2,1H3,(H,14,16). The molecule has 1 amide bonds. The molecule has 1 aromatic rings. The number of hydrogen-bond donors (Lipinski definition) is 2. The Morgan fingerprint density at radius 3 is 2.62 bits per heavy atom. The normalized spacial score (nSPS) is 12.7. The maximum atomic E-state index is 11.8. The molecule has 21 heavy (non-hydrogen) atoms. The molecule has 0 fully saturated rings. The molecule has 3 N–H and O–H groups in total. The van der Waals surface area contributed by atoms with Gasteiger partial charge in [-0.2, -0.15) is 0 Å². The molecule has 8 nitrogen and oxygen atoms in total. The van der Waals surface area contributed by atoms with Gasteiger partial charge in [-0.1, -0.05) is 11.6 Å². The Kier molecular flexibility index (Phi) is 5.64. The number of hydrogen-bond acceptors (Lipinski definition) is 6. The quantitative estimate of drug-likeness (QED) is 0.587. The van der Waals surface area contributed by atoms with Crippen LogP contribution in [0.25, 0.3) is 0 Å². The Labute approximate surface area is 126 Å². The summed E-state index contributed by atoms with van der Waals surface area (Å²) >= 11 is 5.82. The zero-order valence-electron chi connectivity index (χ0n) is 11.1. The van der Waals surface area contributed by atoms with Gasteiger partial charge < -0.3 is 11.1 Å². The summed E-state index contributed by atoms with van der Waals surface area (Å²) < 4.78 is 22.0. The van der Waals surface area contributed by atoms with Gasteiger partial charge in [-0.15, -0.1) is 0 Å². The first-order valence-corrected chi connectivity index (χ1v) is 8.22. The number of sulfone groups is 1. The minimum atomic E-state index is -3.21. The molecule has 1 aromatic carbocycles. The van der Waals surface area contributed by atoms with Gasteiger partial charge in [0.1, 0.15) is 9.84 Å². The first-order valence-electron chi connectivity index (χ1n) is 5.78. The zero-order valence-corrected chi connectivity index (χ0v) is 12.6. The molecule has 0 aliphatic carbocycles. The summed E-state index contributed by atoms with van der Waals surface area (Å²) in [5, 5.41) is 12.9. The molecule has 0 bridgehead atoms. The fourth-order valence-corrected chi connectivity index (χ4v) is 2.32. The van der Waals surface area contributed by atoms with Crippen molar-refractivity contribution in [2.75, 3.05) is 17.3 Å². The summed E-state index contributed by atoms with van der Waals surface area (Å²) in [6.07, 6.45) is 1.01. The second-order valence-corrected chi connectivity index (χ2v) is 7.10. The molecule has 0 saturated heterocycles. The molecular weight excluding hydrogens is 322 g/mol. The lowest BCUT2D eigenvalue weighted by Crippen LogP contribution is -2.37. The third-order valence-corrected chi connectivity index (χ3v) is 3.85. The van der Waals surface area contributed by atoms with E-state index in [9.17, 15) is 23.3 Å². The lowest BCUT2D eigenvalue weighted by atomic mass is 10.2. The van der Waals surface area contributed by atoms with Crippen molar-refractivity contribution in [1.29, 1.82) is 0 Å². The largest absolute Gasteiger partial charge is 0.323 e. The van der Waals surface area contributed by atoms with Crippen molar-refractivity contribution < 1.29 is 18.1 Å². The number of nitrogens with two attached hydrogens (primary N) is 1. The van der Waals surface area contributed by atoms with Crippen molar-refractivity contribution in [2.24, 2.45) is 5.73 Å². The molecule has 0 aliphatic heterocycles. The molecule has 0 heterocycles. The smallest absolute Gasteiger partial charge is 0.271 e. The van der Waals surface area contributed by atoms with E-state index in [0.717, 1.165) is 12.3 Å². The Morgan fingerprint density at radius 1 is 1.52 bits per heavy atom. The van der Waals surface area contributed by atoms with Gasteiger partial charge in [0.2, 0.25) is 5.91 Å². The van der Waals surface area contributed by atoms with E-state index in [0.29, 0.717) is 0 Å². The molecule has 1 rings (SSSR count). The molecule has 0 radical (unpaired) electrons. The number of benzene rings is 1. The van der Waals surface area contributed by atoms with Gasteiger partial charge in [0.15, 0.2) is 0 Å². The number of non-ortho nitro benzene ring substituents is 1. The highest BCUT2D eigenvalue weighted by Crippen LogP contribution is 2.26. The van der Waals surface area contributed by atoms with Crippen molar-refractivity contribution in [1.82, 2.24) is 0 Å². The van der Waals surface area contributed by atoms with Crippen LogP contribution >= 0.6 is 11.6 Å². The van der Waals surface area contributed by atoms with Crippen molar-refractivity contribution >= 4 is 38.7 Å². The molecule has 0 spiro atoms. The topological polar surface area (TPSA) is 132 Å². The van der Waals surface area contributed by atoms with Crippen LogP contribution < -0.4 is 11.1 Å². The Hall–Kier alpha value is -1.71. The van der Waals surface area contributed by atoms with E-state index < -0.39 is 26.7 Å². The maximum absolute atomic E-state index is 11.8. The van der Waals surface area contributed by atoms with E-state index in [1.807, 2.05) is 0 Å². The number of halogens is 1. The van der Waals surface area contributed by atoms with Gasteiger partial charge in [-0.3, -0.25) is 14.9 Å². The SMILES string of the molecule is CS(=O)(=O)CCC(N)C(=O)Nc1ccc([N+](=O)[O-])cc1Cl. The van der Waals surface area contributed by atoms with Crippen LogP contribution in [0.4, 0.5) is 11.4 Å². The van der Waals surface area contributed by atoms with Gasteiger partial charge >= 0.3 is 0 Å². The van der Waals surface area contributed by atoms with Gasteiger partial charge in [0, 0.05) is 18.4 Å². The number of rotatable bonds is 6. The highest BCUT2D eigenvalue weighted by molar-refractivity contribution is 7.90. The third-order valence-electron chi connectivity index (χ3n) is 2.56. The molecule has 1 unspecified atom stereocenters. The Morgan fingerprint density at radius 2 is 2.14 bits per heavy atom. The van der Waals surface area contributed by atoms with Gasteiger partial charge in [-0.25, -0.2) is 8.42 Å². The molecular formula is C11H14ClN3O5S. The summed E-state index contributed by atoms with van der Waals surface area (Å²) in [5.74, 6) is -0.829. The second kappa shape index (κ2) is 6.83. The van der Waals surface area contributed by atoms with E-state index in [4.69, 9.17) is 17.3 Å². The average Bonchev–Trinajstić information content (AvgIpc) is 2.37. The number of carbonyl (C=O) groups excluding carboxylic acids is 1. The fourth-order valence-electron chi connectivity index (χ4n) is 1.42. The van der Waals surface area contributed by atoms with Crippen LogP contribution in [-0.4, -0.2) is 37.3 Å². The van der Waals surface area contributed by atoms with E-state index in [-0.39, 0.29) is 28.6 Å². The van der Waals surface area contributed by atoms with Crippen molar-refractivity contribution in [3.63, 3.8) is 0 Å². The second-order valence-electron chi connectivity index (χ2n) is 4.44. The van der Waals surface area contributed by atoms with Gasteiger partial charge in [0.05, 0.1) is 27.4 Å². The minimum absolute atomic E-state index is 0.00661. The monoisotopic (exact) mass is 335 g/mol. The van der Waals surface area contributed by atoms with Crippen LogP contribution in [0.3, 0.4) is 0 Å². The molecule has 0 saturated carbocycles. The summed E-state index contributed by atoms with van der Waals surface area (Å²) in [6, 6.07) is 2.54. The molecule has 10 heteroatoms. The van der Waals surface area contributed by atoms with E-state index >= 15 is 0 Å². The van der Waals surface area contributed by atoms with E-state index in [1.54, 1.807) is 0 Å². The molecule has 0 aromatic heterocycles. The van der Waals surface area contributed by atoms with Crippen LogP contribution in [0, 0.1) is 10.1 Å². The summed E-state index contributed by atoms with van der Waals surface area (Å²) in [5.41, 5.74) is 5.53. The van der Waals surface area contributed by atoms with Crippen LogP contribution in [0.2, 0.25) is 5.02 Å². The number of amides is 1. The van der Waals surface area contributed by atoms with E-state index in [1.165, 1.54) is 12.1 Å². The summed E-state index contributed by atoms with van der Waals surface area (Å²) in [4.78, 5) is 21.7. The predicted molar refractivity (Wildman–Crippen MR) is 79.0 cm³/mol. The Balaban J connectivity index is 2.72. The van der Waals surface area contributed by atoms with Crippen LogP contribution in [0.15, 0.2) is 18.2 Å². The highest BCUT2D eigenvalue weighted by atomic mass is 35.5. The molecule has 1 atom stereocenters. The number of carbonyl (C=O) groups is 1. The molecule has 0 aliphatic rings. The summed E-state index contributed by atoms with van der Waals surface area (Å²) in [6.45, 7) is 0. The third kappa shape index (κ3) is 5.66. The highest BCUT2D eigenvalue weighted by Gasteiger charge is 2.18. The van der Waals surface area contributed by atoms with Gasteiger partial charge in [0.25, 0.3) is 5.69 Å². The maximum Gasteiger partial charge on any atom is 0.271 e. The number of nitro groups is 1. The van der Waals surface area contributed by atoms with E-state index in [2.05, 4.69) is 5.32 Å². The lowest BCUT2D eigenvalue weighted by molar-refractivity contribution is -0.384. The number of nitro benzene ring substituents is 1. The molecule has 116 valence electrons. The first kappa shape index (κ1) is 17.3. The fraction of sp³-hybridized carbons (Fsp3) is 0.364. The predicted octanol–water partition coefficient (Wildman–Crippen LogP) is 0.949. The van der Waals surface area contributed by atoms with Crippen molar-refractivity contribution in [3.8, 4) is 0 Å². The summed E-state index contributed by atoms with van der Waals surface area (Å²) in [7, 11) is -3.21. The first-order chi connectivity index (χ1) is 9.60. The van der Waals surface area contributed by atoms with Crippen molar-refractivity contribution in [3.05, 3.63) is 33.3 Å². The van der Waals surface area contributed by atoms with Crippen LogP contribution in [0.1, 0.15) is 6.42 Å². The number of anilines is 1. The van der Waals surface area contributed by atoms with Crippen LogP contribution in [-0.2, 0) is 14.6 Å². The number of nitrogens with zero attached hydrogens (tertiary/aromatic N) is 1. The Bertz CT molecular complexity index is 662. The van der Waals surface area contributed by atoms with Crippen molar-refractivity contribution in [2.45, 2.75) is 12.5 Å².